The third-order valence-corrected chi connectivity index (χ3v) is 12.6. The van der Waals surface area contributed by atoms with E-state index in [-0.39, 0.29) is 36.2 Å². The number of carbonyl (C=O) groups excluding carboxylic acids is 2. The Morgan fingerprint density at radius 1 is 0.449 bits per heavy atom. The van der Waals surface area contributed by atoms with Crippen molar-refractivity contribution >= 4 is 17.9 Å². The molecule has 1 N–H and O–H groups in total. The lowest BCUT2D eigenvalue weighted by Gasteiger charge is -2.31. The van der Waals surface area contributed by atoms with Gasteiger partial charge in [0.15, 0.2) is 12.1 Å². The van der Waals surface area contributed by atoms with Crippen molar-refractivity contribution in [3.05, 3.63) is 72.9 Å². The molecule has 2 atom stereocenters. The first-order chi connectivity index (χ1) is 33.6. The van der Waals surface area contributed by atoms with E-state index in [9.17, 15) is 19.5 Å². The number of ether oxygens (including phenoxy) is 3. The summed E-state index contributed by atoms with van der Waals surface area (Å²) in [5, 5.41) is 9.68. The summed E-state index contributed by atoms with van der Waals surface area (Å²) in [6.07, 6.45) is 66.7. The average molecular weight is 968 g/mol. The minimum atomic E-state index is -0.878. The van der Waals surface area contributed by atoms with Crippen molar-refractivity contribution in [2.75, 3.05) is 41.0 Å². The van der Waals surface area contributed by atoms with Crippen LogP contribution in [0.5, 0.6) is 0 Å². The van der Waals surface area contributed by atoms with E-state index in [1.165, 1.54) is 128 Å². The van der Waals surface area contributed by atoms with Gasteiger partial charge in [-0.2, -0.15) is 0 Å². The number of unbranched alkanes of at least 4 members (excludes halogenated alkanes) is 25. The first-order valence-electron chi connectivity index (χ1n) is 28.5. The summed E-state index contributed by atoms with van der Waals surface area (Å²) in [7, 11) is 5.53. The number of nitrogens with zero attached hydrogens (tertiary/aromatic N) is 1. The zero-order valence-corrected chi connectivity index (χ0v) is 45.5. The number of quaternary nitrogens is 1. The van der Waals surface area contributed by atoms with E-state index in [1.807, 2.05) is 21.1 Å². The van der Waals surface area contributed by atoms with E-state index in [0.29, 0.717) is 19.3 Å². The predicted octanol–water partition coefficient (Wildman–Crippen LogP) is 17.0. The fourth-order valence-electron chi connectivity index (χ4n) is 8.23. The van der Waals surface area contributed by atoms with Crippen molar-refractivity contribution in [1.82, 2.24) is 0 Å². The Labute approximate surface area is 425 Å². The van der Waals surface area contributed by atoms with Crippen molar-refractivity contribution in [1.29, 1.82) is 0 Å². The monoisotopic (exact) mass is 967 g/mol. The van der Waals surface area contributed by atoms with Crippen LogP contribution in [0.15, 0.2) is 72.9 Å². The van der Waals surface area contributed by atoms with Gasteiger partial charge in [-0.3, -0.25) is 9.59 Å². The quantitative estimate of drug-likeness (QED) is 0.0281. The van der Waals surface area contributed by atoms with Crippen LogP contribution in [-0.2, 0) is 28.6 Å². The van der Waals surface area contributed by atoms with Crippen LogP contribution in [-0.4, -0.2) is 80.6 Å². The van der Waals surface area contributed by atoms with Gasteiger partial charge in [0.25, 0.3) is 0 Å². The maximum Gasteiger partial charge on any atom is 0.362 e. The summed E-state index contributed by atoms with van der Waals surface area (Å²) in [6, 6.07) is -0.622. The molecule has 2 unspecified atom stereocenters. The third kappa shape index (κ3) is 49.5. The van der Waals surface area contributed by atoms with Crippen molar-refractivity contribution in [3.63, 3.8) is 0 Å². The highest BCUT2D eigenvalue weighted by Crippen LogP contribution is 2.16. The van der Waals surface area contributed by atoms with Crippen LogP contribution in [0.1, 0.15) is 245 Å². The zero-order chi connectivity index (χ0) is 50.6. The van der Waals surface area contributed by atoms with Crippen LogP contribution in [0, 0.1) is 0 Å². The number of carboxylic acids is 1. The largest absolute Gasteiger partial charge is 0.477 e. The van der Waals surface area contributed by atoms with Crippen LogP contribution in [0.25, 0.3) is 0 Å². The topological polar surface area (TPSA) is 99.1 Å². The van der Waals surface area contributed by atoms with Crippen LogP contribution >= 0.6 is 0 Å². The third-order valence-electron chi connectivity index (χ3n) is 12.6. The molecule has 8 nitrogen and oxygen atoms in total. The van der Waals surface area contributed by atoms with Crippen molar-refractivity contribution in [3.8, 4) is 0 Å². The van der Waals surface area contributed by atoms with Gasteiger partial charge in [0.2, 0.25) is 0 Å². The van der Waals surface area contributed by atoms with Gasteiger partial charge in [-0.05, 0) is 83.5 Å². The number of carbonyl (C=O) groups is 3. The van der Waals surface area contributed by atoms with E-state index in [1.54, 1.807) is 0 Å². The summed E-state index contributed by atoms with van der Waals surface area (Å²) in [6.45, 7) is 4.63. The lowest BCUT2D eigenvalue weighted by atomic mass is 10.0. The van der Waals surface area contributed by atoms with Crippen LogP contribution in [0.4, 0.5) is 0 Å². The maximum atomic E-state index is 12.8. The number of esters is 2. The summed E-state index contributed by atoms with van der Waals surface area (Å²) in [5.41, 5.74) is 0. The summed E-state index contributed by atoms with van der Waals surface area (Å²) >= 11 is 0. The summed E-state index contributed by atoms with van der Waals surface area (Å²) < 4.78 is 17.4. The molecule has 0 radical (unpaired) electrons. The molecule has 0 saturated heterocycles. The standard InChI is InChI=1S/C61H107NO7/c1-6-8-10-12-14-16-18-20-22-24-26-28-30-32-34-36-38-40-42-44-46-48-50-52-60(64)69-57(55-67-54-53-58(61(65)66)62(3,4)5)56-68-59(63)51-49-47-45-43-41-39-37-35-33-31-29-27-25-23-21-19-17-15-13-11-9-7-2/h8,10,14,16,20,22,26,28,31-34,57-58H,6-7,9,11-13,15,17-19,21,23-25,27,29-30,35-56H2,1-5H3/p+1/b10-8+,16-14+,22-20+,28-26+,33-31+,34-32+. The Balaban J connectivity index is 4.22. The van der Waals surface area contributed by atoms with Crippen molar-refractivity contribution in [2.45, 2.75) is 257 Å². The highest BCUT2D eigenvalue weighted by Gasteiger charge is 2.31. The van der Waals surface area contributed by atoms with Gasteiger partial charge in [0.05, 0.1) is 34.4 Å². The number of aliphatic carboxylic acids is 1. The van der Waals surface area contributed by atoms with Crippen LogP contribution in [0.3, 0.4) is 0 Å². The van der Waals surface area contributed by atoms with Gasteiger partial charge in [0, 0.05) is 19.3 Å². The molecular weight excluding hydrogens is 859 g/mol. The Hall–Kier alpha value is -3.23. The Morgan fingerprint density at radius 3 is 1.22 bits per heavy atom. The molecule has 8 heteroatoms. The van der Waals surface area contributed by atoms with Gasteiger partial charge < -0.3 is 23.8 Å². The molecule has 0 fully saturated rings. The molecule has 0 heterocycles. The minimum Gasteiger partial charge on any atom is -0.477 e. The number of rotatable bonds is 51. The average Bonchev–Trinajstić information content (AvgIpc) is 3.31. The molecule has 0 aromatic carbocycles. The zero-order valence-electron chi connectivity index (χ0n) is 45.5. The number of likely N-dealkylation sites (N-methyl/N-ethyl adjacent to an activating group) is 1. The van der Waals surface area contributed by atoms with E-state index in [0.717, 1.165) is 83.5 Å². The highest BCUT2D eigenvalue weighted by atomic mass is 16.6. The summed E-state index contributed by atoms with van der Waals surface area (Å²) in [5.74, 6) is -1.48. The van der Waals surface area contributed by atoms with Crippen LogP contribution in [0.2, 0.25) is 0 Å². The molecule has 0 spiro atoms. The van der Waals surface area contributed by atoms with E-state index < -0.39 is 18.1 Å². The first-order valence-corrected chi connectivity index (χ1v) is 28.5. The molecule has 69 heavy (non-hydrogen) atoms. The SMILES string of the molecule is CC/C=C/C/C=C/C/C=C/C/C=C/C/C=C/CCCCCCCCCC(=O)OC(COCCC(C(=O)O)[N+](C)(C)C)COC(=O)CCCCCCCCC/C=C/CCCCCCCCCCCCC. The fraction of sp³-hybridized carbons (Fsp3) is 0.754. The van der Waals surface area contributed by atoms with Crippen LogP contribution < -0.4 is 0 Å². The lowest BCUT2D eigenvalue weighted by Crippen LogP contribution is -2.50. The van der Waals surface area contributed by atoms with Crippen molar-refractivity contribution in [2.24, 2.45) is 0 Å². The molecule has 0 rings (SSSR count). The van der Waals surface area contributed by atoms with Gasteiger partial charge in [0.1, 0.15) is 6.61 Å². The van der Waals surface area contributed by atoms with Gasteiger partial charge in [-0.1, -0.05) is 215 Å². The van der Waals surface area contributed by atoms with Crippen molar-refractivity contribution < 1.29 is 38.2 Å². The number of carboxylic acid groups (broad SMARTS) is 1. The maximum absolute atomic E-state index is 12.8. The molecule has 0 aromatic heterocycles. The molecule has 0 amide bonds. The first kappa shape index (κ1) is 65.8. The lowest BCUT2D eigenvalue weighted by molar-refractivity contribution is -0.887. The second-order valence-electron chi connectivity index (χ2n) is 20.2. The Bertz CT molecular complexity index is 1360. The molecule has 398 valence electrons. The number of allylic oxidation sites excluding steroid dienone is 12. The molecule has 0 aliphatic carbocycles. The molecule has 0 aromatic rings. The minimum absolute atomic E-state index is 0.0529. The van der Waals surface area contributed by atoms with E-state index in [4.69, 9.17) is 14.2 Å². The van der Waals surface area contributed by atoms with Gasteiger partial charge >= 0.3 is 17.9 Å². The fourth-order valence-corrected chi connectivity index (χ4v) is 8.23. The molecule has 0 saturated carbocycles. The molecule has 0 aliphatic rings. The second kappa shape index (κ2) is 51.1. The normalized spacial score (nSPS) is 13.3. The number of hydrogen-bond acceptors (Lipinski definition) is 6. The smallest absolute Gasteiger partial charge is 0.362 e. The molecule has 0 aliphatic heterocycles. The Kier molecular flexibility index (Phi) is 48.7. The second-order valence-corrected chi connectivity index (χ2v) is 20.2. The van der Waals surface area contributed by atoms with E-state index >= 15 is 0 Å². The van der Waals surface area contributed by atoms with E-state index in [2.05, 4.69) is 86.8 Å². The molecule has 0 bridgehead atoms. The van der Waals surface area contributed by atoms with Gasteiger partial charge in [-0.25, -0.2) is 4.79 Å². The Morgan fingerprint density at radius 2 is 0.812 bits per heavy atom. The molecular formula is C61H108NO7+. The summed E-state index contributed by atoms with van der Waals surface area (Å²) in [4.78, 5) is 37.3. The number of hydrogen-bond donors (Lipinski definition) is 1. The highest BCUT2D eigenvalue weighted by molar-refractivity contribution is 5.72. The van der Waals surface area contributed by atoms with Gasteiger partial charge in [-0.15, -0.1) is 0 Å². The predicted molar refractivity (Wildman–Crippen MR) is 294 cm³/mol.